The molecule has 0 aliphatic heterocycles. The number of aromatic nitrogens is 1. The molecule has 0 aliphatic rings. The van der Waals surface area contributed by atoms with E-state index < -0.39 is 0 Å². The van der Waals surface area contributed by atoms with E-state index in [0.29, 0.717) is 0 Å². The van der Waals surface area contributed by atoms with Gasteiger partial charge in [0.1, 0.15) is 0 Å². The molecule has 1 aromatic carbocycles. The largest absolute Gasteiger partial charge is 0.256 e. The molecule has 1 heterocycles. The Labute approximate surface area is 91.2 Å². The molecule has 0 spiro atoms. The molecule has 0 aliphatic carbocycles. The molecule has 2 heteroatoms. The van der Waals surface area contributed by atoms with Gasteiger partial charge in [0.2, 0.25) is 0 Å². The number of rotatable bonds is 1. The third-order valence-corrected chi connectivity index (χ3v) is 1.73. The Balaban J connectivity index is 0.000000845. The molecule has 1 radical (unpaired) electrons. The van der Waals surface area contributed by atoms with Gasteiger partial charge in [-0.05, 0) is 12.1 Å². The van der Waals surface area contributed by atoms with Crippen LogP contribution >= 0.6 is 0 Å². The van der Waals surface area contributed by atoms with Crippen molar-refractivity contribution in [2.45, 2.75) is 0 Å². The topological polar surface area (TPSA) is 12.9 Å². The van der Waals surface area contributed by atoms with Crippen molar-refractivity contribution in [3.63, 3.8) is 0 Å². The van der Waals surface area contributed by atoms with Crippen LogP contribution in [0.2, 0.25) is 0 Å². The smallest absolute Gasteiger partial charge is 0.0701 e. The predicted octanol–water partition coefficient (Wildman–Crippen LogP) is 2.75. The first-order chi connectivity index (χ1) is 5.97. The standard InChI is InChI=1S/C11H9N.Ir/c1-2-6-10(7-3-1)11-8-4-5-9-12-11;/h1-9H;. The summed E-state index contributed by atoms with van der Waals surface area (Å²) in [7, 11) is 0. The van der Waals surface area contributed by atoms with Crippen LogP contribution in [0.3, 0.4) is 0 Å². The number of nitrogens with zero attached hydrogens (tertiary/aromatic N) is 1. The molecular formula is C11H9IrN. The Bertz CT molecular complexity index is 307. The van der Waals surface area contributed by atoms with Crippen LogP contribution in [-0.4, -0.2) is 4.98 Å². The van der Waals surface area contributed by atoms with Gasteiger partial charge < -0.3 is 0 Å². The normalized spacial score (nSPS) is 8.92. The molecular weight excluding hydrogens is 338 g/mol. The van der Waals surface area contributed by atoms with E-state index in [1.165, 1.54) is 0 Å². The molecule has 0 atom stereocenters. The number of benzene rings is 1. The quantitative estimate of drug-likeness (QED) is 0.773. The Morgan fingerprint density at radius 3 is 2.08 bits per heavy atom. The molecule has 2 aromatic rings. The molecule has 0 amide bonds. The van der Waals surface area contributed by atoms with E-state index in [9.17, 15) is 0 Å². The summed E-state index contributed by atoms with van der Waals surface area (Å²) in [6, 6.07) is 16.1. The zero-order chi connectivity index (χ0) is 8.23. The fraction of sp³-hybridized carbons (Fsp3) is 0. The van der Waals surface area contributed by atoms with Gasteiger partial charge in [-0.25, -0.2) is 0 Å². The molecule has 1 nitrogen and oxygen atoms in total. The Morgan fingerprint density at radius 2 is 1.46 bits per heavy atom. The fourth-order valence-electron chi connectivity index (χ4n) is 1.14. The summed E-state index contributed by atoms with van der Waals surface area (Å²) >= 11 is 0. The molecule has 13 heavy (non-hydrogen) atoms. The number of pyridine rings is 1. The van der Waals surface area contributed by atoms with Crippen molar-refractivity contribution in [3.8, 4) is 11.3 Å². The van der Waals surface area contributed by atoms with Crippen molar-refractivity contribution in [2.24, 2.45) is 0 Å². The average Bonchev–Trinajstić information content (AvgIpc) is 2.21. The van der Waals surface area contributed by atoms with Gasteiger partial charge in [-0.2, -0.15) is 0 Å². The van der Waals surface area contributed by atoms with Gasteiger partial charge >= 0.3 is 0 Å². The number of hydrogen-bond acceptors (Lipinski definition) is 1. The molecule has 67 valence electrons. The summed E-state index contributed by atoms with van der Waals surface area (Å²) in [5.41, 5.74) is 2.19. The van der Waals surface area contributed by atoms with Gasteiger partial charge in [-0.1, -0.05) is 36.4 Å². The first-order valence-corrected chi connectivity index (χ1v) is 3.93. The Morgan fingerprint density at radius 1 is 0.769 bits per heavy atom. The second-order valence-corrected chi connectivity index (χ2v) is 2.58. The van der Waals surface area contributed by atoms with E-state index in [1.54, 1.807) is 0 Å². The van der Waals surface area contributed by atoms with Crippen molar-refractivity contribution in [1.29, 1.82) is 0 Å². The SMILES string of the molecule is [Ir].c1ccc(-c2ccccn2)cc1. The van der Waals surface area contributed by atoms with Crippen LogP contribution in [0, 0.1) is 0 Å². The van der Waals surface area contributed by atoms with Gasteiger partial charge in [-0.15, -0.1) is 0 Å². The minimum absolute atomic E-state index is 0. The Kier molecular flexibility index (Phi) is 3.81. The molecule has 0 saturated heterocycles. The maximum absolute atomic E-state index is 4.25. The first kappa shape index (κ1) is 10.1. The van der Waals surface area contributed by atoms with Gasteiger partial charge in [0, 0.05) is 31.9 Å². The van der Waals surface area contributed by atoms with E-state index in [-0.39, 0.29) is 20.1 Å². The van der Waals surface area contributed by atoms with E-state index in [1.807, 2.05) is 42.6 Å². The van der Waals surface area contributed by atoms with Crippen LogP contribution in [0.25, 0.3) is 11.3 Å². The second-order valence-electron chi connectivity index (χ2n) is 2.58. The zero-order valence-electron chi connectivity index (χ0n) is 6.98. The summed E-state index contributed by atoms with van der Waals surface area (Å²) < 4.78 is 0. The molecule has 0 fully saturated rings. The fourth-order valence-corrected chi connectivity index (χ4v) is 1.14. The zero-order valence-corrected chi connectivity index (χ0v) is 9.37. The van der Waals surface area contributed by atoms with Crippen molar-refractivity contribution in [3.05, 3.63) is 54.7 Å². The van der Waals surface area contributed by atoms with Gasteiger partial charge in [0.05, 0.1) is 5.69 Å². The Hall–Kier alpha value is -0.981. The minimum Gasteiger partial charge on any atom is -0.256 e. The summed E-state index contributed by atoms with van der Waals surface area (Å²) in [4.78, 5) is 4.25. The van der Waals surface area contributed by atoms with Crippen molar-refractivity contribution >= 4 is 0 Å². The summed E-state index contributed by atoms with van der Waals surface area (Å²) in [5.74, 6) is 0. The maximum Gasteiger partial charge on any atom is 0.0701 e. The summed E-state index contributed by atoms with van der Waals surface area (Å²) in [6.45, 7) is 0. The van der Waals surface area contributed by atoms with Crippen LogP contribution < -0.4 is 0 Å². The predicted molar refractivity (Wildman–Crippen MR) is 49.7 cm³/mol. The monoisotopic (exact) mass is 348 g/mol. The van der Waals surface area contributed by atoms with Gasteiger partial charge in [-0.3, -0.25) is 4.98 Å². The van der Waals surface area contributed by atoms with Crippen LogP contribution in [-0.2, 0) is 20.1 Å². The molecule has 0 bridgehead atoms. The third kappa shape index (κ3) is 2.48. The molecule has 0 saturated carbocycles. The third-order valence-electron chi connectivity index (χ3n) is 1.73. The molecule has 0 unspecified atom stereocenters. The summed E-state index contributed by atoms with van der Waals surface area (Å²) in [6.07, 6.45) is 1.81. The van der Waals surface area contributed by atoms with E-state index in [0.717, 1.165) is 11.3 Å². The number of hydrogen-bond donors (Lipinski definition) is 0. The maximum atomic E-state index is 4.25. The van der Waals surface area contributed by atoms with Crippen LogP contribution in [0.15, 0.2) is 54.7 Å². The molecule has 2 rings (SSSR count). The average molecular weight is 347 g/mol. The van der Waals surface area contributed by atoms with Gasteiger partial charge in [0.25, 0.3) is 0 Å². The van der Waals surface area contributed by atoms with Crippen molar-refractivity contribution in [2.75, 3.05) is 0 Å². The molecule has 1 aromatic heterocycles. The first-order valence-electron chi connectivity index (χ1n) is 3.93. The molecule has 0 N–H and O–H groups in total. The second kappa shape index (κ2) is 4.90. The van der Waals surface area contributed by atoms with Crippen LogP contribution in [0.5, 0.6) is 0 Å². The van der Waals surface area contributed by atoms with Crippen molar-refractivity contribution < 1.29 is 20.1 Å². The van der Waals surface area contributed by atoms with E-state index in [4.69, 9.17) is 0 Å². The summed E-state index contributed by atoms with van der Waals surface area (Å²) in [5, 5.41) is 0. The van der Waals surface area contributed by atoms with Crippen LogP contribution in [0.1, 0.15) is 0 Å². The van der Waals surface area contributed by atoms with E-state index in [2.05, 4.69) is 17.1 Å². The van der Waals surface area contributed by atoms with Gasteiger partial charge in [0.15, 0.2) is 0 Å². The van der Waals surface area contributed by atoms with Crippen LogP contribution in [0.4, 0.5) is 0 Å². The minimum atomic E-state index is 0. The van der Waals surface area contributed by atoms with Crippen molar-refractivity contribution in [1.82, 2.24) is 4.98 Å². The van der Waals surface area contributed by atoms with E-state index >= 15 is 0 Å².